The Labute approximate surface area is 239 Å². The van der Waals surface area contributed by atoms with Crippen LogP contribution in [-0.2, 0) is 20.7 Å². The molecule has 1 atom stereocenters. The van der Waals surface area contributed by atoms with Gasteiger partial charge in [0.15, 0.2) is 0 Å². The van der Waals surface area contributed by atoms with E-state index in [9.17, 15) is 9.59 Å². The van der Waals surface area contributed by atoms with E-state index in [2.05, 4.69) is 19.2 Å². The fourth-order valence-corrected chi connectivity index (χ4v) is 5.05. The highest BCUT2D eigenvalue weighted by Crippen LogP contribution is 2.32. The van der Waals surface area contributed by atoms with Gasteiger partial charge in [-0.15, -0.1) is 0 Å². The van der Waals surface area contributed by atoms with Crippen molar-refractivity contribution in [2.45, 2.75) is 79.6 Å². The molecule has 0 aliphatic carbocycles. The van der Waals surface area contributed by atoms with Gasteiger partial charge in [0.05, 0.1) is 29.6 Å². The first-order chi connectivity index (χ1) is 18.1. The summed E-state index contributed by atoms with van der Waals surface area (Å²) >= 11 is 12.2. The lowest BCUT2D eigenvalue weighted by Crippen LogP contribution is -2.56. The predicted molar refractivity (Wildman–Crippen MR) is 161 cm³/mol. The van der Waals surface area contributed by atoms with E-state index in [1.54, 1.807) is 12.1 Å². The van der Waals surface area contributed by atoms with Crippen LogP contribution in [-0.4, -0.2) is 38.1 Å². The van der Waals surface area contributed by atoms with Crippen molar-refractivity contribution in [3.63, 3.8) is 0 Å². The van der Waals surface area contributed by atoms with Gasteiger partial charge in [-0.2, -0.15) is 0 Å². The van der Waals surface area contributed by atoms with E-state index in [0.29, 0.717) is 48.3 Å². The lowest BCUT2D eigenvalue weighted by atomic mass is 9.84. The van der Waals surface area contributed by atoms with Crippen molar-refractivity contribution in [3.05, 3.63) is 58.1 Å². The van der Waals surface area contributed by atoms with E-state index in [-0.39, 0.29) is 16.3 Å². The summed E-state index contributed by atoms with van der Waals surface area (Å²) in [5.74, 6) is 0.0693. The first kappa shape index (κ1) is 32.3. The van der Waals surface area contributed by atoms with Crippen molar-refractivity contribution in [2.24, 2.45) is 5.41 Å². The molecule has 0 fully saturated rings. The largest absolute Gasteiger partial charge is 0.376 e. The van der Waals surface area contributed by atoms with Crippen molar-refractivity contribution in [1.82, 2.24) is 4.48 Å². The number of nitrogens with one attached hydrogen (secondary N) is 1. The van der Waals surface area contributed by atoms with Gasteiger partial charge in [-0.1, -0.05) is 82.8 Å². The summed E-state index contributed by atoms with van der Waals surface area (Å²) in [5, 5.41) is 4.07. The normalized spacial score (nSPS) is 13.2. The van der Waals surface area contributed by atoms with E-state index in [1.807, 2.05) is 51.1 Å². The molecular formula is C31H45Cl2N2O3+. The zero-order chi connectivity index (χ0) is 28.2. The molecule has 2 amide bonds. The molecule has 0 aliphatic heterocycles. The molecule has 0 radical (unpaired) electrons. The molecule has 1 N–H and O–H groups in total. The van der Waals surface area contributed by atoms with Crippen LogP contribution in [0.1, 0.15) is 78.7 Å². The molecule has 0 saturated carbocycles. The number of hydrogen-bond acceptors (Lipinski definition) is 3. The lowest BCUT2D eigenvalue weighted by molar-refractivity contribution is -0.131. The zero-order valence-corrected chi connectivity index (χ0v) is 25.3. The SMILES string of the molecule is CCCCCC[N+](CCOCCC)(C(=O)CC)c1cccc(NC(=O)C(C)(C)Cc2ccc(Cl)c(Cl)c2)c1. The number of carbonyl (C=O) groups is 2. The van der Waals surface area contributed by atoms with Crippen LogP contribution in [0.3, 0.4) is 0 Å². The van der Waals surface area contributed by atoms with Gasteiger partial charge in [-0.25, -0.2) is 9.28 Å². The number of nitrogens with zero attached hydrogens (tertiary/aromatic N) is 1. The first-order valence-electron chi connectivity index (χ1n) is 13.9. The van der Waals surface area contributed by atoms with E-state index < -0.39 is 5.41 Å². The molecule has 2 rings (SSSR count). The lowest BCUT2D eigenvalue weighted by Gasteiger charge is -2.36. The van der Waals surface area contributed by atoms with Crippen LogP contribution < -0.4 is 9.80 Å². The van der Waals surface area contributed by atoms with Crippen LogP contribution in [0.15, 0.2) is 42.5 Å². The second-order valence-electron chi connectivity index (χ2n) is 10.6. The Morgan fingerprint density at radius 1 is 0.895 bits per heavy atom. The van der Waals surface area contributed by atoms with Crippen LogP contribution in [0.4, 0.5) is 11.4 Å². The van der Waals surface area contributed by atoms with Crippen molar-refractivity contribution < 1.29 is 14.3 Å². The standard InChI is InChI=1S/C31H44Cl2N2O3/c1-6-9-10-11-17-35(29(36)8-3,18-20-38-19-7-2)26-14-12-13-25(22-26)34-30(37)31(4,5)23-24-15-16-27(32)28(33)21-24/h12-16,21-22H,6-11,17-20,23H2,1-5H3/p+1. The fraction of sp³-hybridized carbons (Fsp3) is 0.548. The predicted octanol–water partition coefficient (Wildman–Crippen LogP) is 8.45. The second-order valence-corrected chi connectivity index (χ2v) is 11.5. The average molecular weight is 565 g/mol. The highest BCUT2D eigenvalue weighted by molar-refractivity contribution is 6.42. The van der Waals surface area contributed by atoms with Gasteiger partial charge in [0, 0.05) is 23.8 Å². The van der Waals surface area contributed by atoms with Crippen LogP contribution in [0.5, 0.6) is 0 Å². The number of ether oxygens (including phenoxy) is 1. The third kappa shape index (κ3) is 9.08. The molecule has 0 heterocycles. The smallest absolute Gasteiger partial charge is 0.318 e. The van der Waals surface area contributed by atoms with E-state index in [0.717, 1.165) is 49.9 Å². The van der Waals surface area contributed by atoms with E-state index >= 15 is 0 Å². The van der Waals surface area contributed by atoms with Gasteiger partial charge >= 0.3 is 5.91 Å². The number of rotatable bonds is 16. The Hall–Kier alpha value is -1.92. The number of unbranched alkanes of at least 4 members (excludes halogenated alkanes) is 3. The van der Waals surface area contributed by atoms with Gasteiger partial charge in [0.25, 0.3) is 0 Å². The Balaban J connectivity index is 2.31. The van der Waals surface area contributed by atoms with Crippen molar-refractivity contribution in [2.75, 3.05) is 31.6 Å². The third-order valence-corrected chi connectivity index (χ3v) is 7.72. The van der Waals surface area contributed by atoms with Gasteiger partial charge in [0.2, 0.25) is 5.91 Å². The Kier molecular flexibility index (Phi) is 13.3. The number of anilines is 1. The number of carbonyl (C=O) groups excluding carboxylic acids is 2. The van der Waals surface area contributed by atoms with Crippen molar-refractivity contribution in [1.29, 1.82) is 0 Å². The fourth-order valence-electron chi connectivity index (χ4n) is 4.73. The molecule has 2 aromatic carbocycles. The minimum absolute atomic E-state index is 0.102. The number of amides is 2. The Bertz CT molecular complexity index is 1040. The molecule has 0 bridgehead atoms. The molecule has 0 saturated heterocycles. The minimum Gasteiger partial charge on any atom is -0.376 e. The maximum Gasteiger partial charge on any atom is 0.318 e. The van der Waals surface area contributed by atoms with E-state index in [1.165, 1.54) is 0 Å². The summed E-state index contributed by atoms with van der Waals surface area (Å²) in [6, 6.07) is 13.2. The minimum atomic E-state index is -0.688. The molecule has 5 nitrogen and oxygen atoms in total. The molecule has 210 valence electrons. The highest BCUT2D eigenvalue weighted by atomic mass is 35.5. The van der Waals surface area contributed by atoms with Gasteiger partial charge in [-0.05, 0) is 55.5 Å². The van der Waals surface area contributed by atoms with Gasteiger partial charge < -0.3 is 10.1 Å². The molecular weight excluding hydrogens is 519 g/mol. The first-order valence-corrected chi connectivity index (χ1v) is 14.7. The third-order valence-electron chi connectivity index (χ3n) is 6.98. The number of benzene rings is 2. The molecule has 1 unspecified atom stereocenters. The summed E-state index contributed by atoms with van der Waals surface area (Å²) in [6.07, 6.45) is 6.23. The molecule has 0 aliphatic rings. The topological polar surface area (TPSA) is 55.4 Å². The van der Waals surface area contributed by atoms with Gasteiger partial charge in [0.1, 0.15) is 12.2 Å². The zero-order valence-electron chi connectivity index (χ0n) is 23.7. The maximum atomic E-state index is 13.5. The summed E-state index contributed by atoms with van der Waals surface area (Å²) in [7, 11) is 0. The summed E-state index contributed by atoms with van der Waals surface area (Å²) in [4.78, 5) is 26.9. The number of hydrogen-bond donors (Lipinski definition) is 1. The van der Waals surface area contributed by atoms with Crippen molar-refractivity contribution in [3.8, 4) is 0 Å². The summed E-state index contributed by atoms with van der Waals surface area (Å²) in [5.41, 5.74) is 1.83. The maximum absolute atomic E-state index is 13.5. The highest BCUT2D eigenvalue weighted by Gasteiger charge is 2.38. The molecule has 0 aromatic heterocycles. The van der Waals surface area contributed by atoms with Crippen molar-refractivity contribution >= 4 is 46.4 Å². The van der Waals surface area contributed by atoms with Gasteiger partial charge in [-0.3, -0.25) is 4.79 Å². The Morgan fingerprint density at radius 2 is 1.66 bits per heavy atom. The summed E-state index contributed by atoms with van der Waals surface area (Å²) in [6.45, 7) is 12.5. The molecule has 2 aromatic rings. The van der Waals surface area contributed by atoms with E-state index in [4.69, 9.17) is 27.9 Å². The number of halogens is 2. The van der Waals surface area contributed by atoms with Crippen LogP contribution in [0.2, 0.25) is 10.0 Å². The summed E-state index contributed by atoms with van der Waals surface area (Å²) < 4.78 is 6.07. The molecule has 38 heavy (non-hydrogen) atoms. The van der Waals surface area contributed by atoms with Crippen LogP contribution in [0, 0.1) is 5.41 Å². The molecule has 0 spiro atoms. The Morgan fingerprint density at radius 3 is 2.32 bits per heavy atom. The quantitative estimate of drug-likeness (QED) is 0.164. The molecule has 7 heteroatoms. The second kappa shape index (κ2) is 15.6. The monoisotopic (exact) mass is 563 g/mol. The number of quaternary nitrogens is 1. The van der Waals surface area contributed by atoms with Crippen LogP contribution in [0.25, 0.3) is 0 Å². The average Bonchev–Trinajstić information content (AvgIpc) is 2.89. The van der Waals surface area contributed by atoms with Crippen LogP contribution >= 0.6 is 23.2 Å².